The van der Waals surface area contributed by atoms with Crippen LogP contribution in [0.3, 0.4) is 0 Å². The summed E-state index contributed by atoms with van der Waals surface area (Å²) in [5, 5.41) is 22.3. The molecular formula is C16H18ClN3O5. The number of nitro groups is 1. The first kappa shape index (κ1) is 20.4. The van der Waals surface area contributed by atoms with Crippen molar-refractivity contribution >= 4 is 29.2 Å². The van der Waals surface area contributed by atoms with E-state index in [2.05, 4.69) is 5.32 Å². The third-order valence-corrected chi connectivity index (χ3v) is 4.12. The number of carbonyl (C=O) groups is 2. The zero-order chi connectivity index (χ0) is 19.4. The van der Waals surface area contributed by atoms with Crippen molar-refractivity contribution in [1.29, 1.82) is 5.26 Å². The van der Waals surface area contributed by atoms with Crippen molar-refractivity contribution in [2.24, 2.45) is 5.92 Å². The maximum Gasteiger partial charge on any atom is 0.340 e. The van der Waals surface area contributed by atoms with Crippen molar-refractivity contribution in [3.8, 4) is 6.07 Å². The summed E-state index contributed by atoms with van der Waals surface area (Å²) in [4.78, 5) is 34.3. The second kappa shape index (κ2) is 7.94. The standard InChI is InChI=1S/C16H18ClN3O5/c1-9(2)16(4,8-18)19-14(21)10(3)25-15(22)12-6-5-11(20(23)24)7-13(12)17/h5-7,9-10H,1-4H3,(H,19,21)/t10-,16-/m0/s1. The smallest absolute Gasteiger partial charge is 0.340 e. The van der Waals surface area contributed by atoms with E-state index in [1.807, 2.05) is 6.07 Å². The van der Waals surface area contributed by atoms with Crippen LogP contribution in [-0.4, -0.2) is 28.4 Å². The van der Waals surface area contributed by atoms with E-state index in [9.17, 15) is 25.0 Å². The van der Waals surface area contributed by atoms with E-state index in [1.165, 1.54) is 6.92 Å². The molecule has 0 saturated heterocycles. The van der Waals surface area contributed by atoms with Crippen LogP contribution in [0, 0.1) is 27.4 Å². The van der Waals surface area contributed by atoms with Gasteiger partial charge in [-0.25, -0.2) is 4.79 Å². The lowest BCUT2D eigenvalue weighted by molar-refractivity contribution is -0.384. The van der Waals surface area contributed by atoms with Gasteiger partial charge in [0.15, 0.2) is 6.10 Å². The number of esters is 1. The minimum absolute atomic E-state index is 0.0983. The average molecular weight is 368 g/mol. The molecule has 0 radical (unpaired) electrons. The first-order valence-electron chi connectivity index (χ1n) is 7.40. The quantitative estimate of drug-likeness (QED) is 0.468. The largest absolute Gasteiger partial charge is 0.449 e. The fourth-order valence-electron chi connectivity index (χ4n) is 1.72. The van der Waals surface area contributed by atoms with Crippen LogP contribution >= 0.6 is 11.6 Å². The highest BCUT2D eigenvalue weighted by Gasteiger charge is 2.33. The number of carbonyl (C=O) groups excluding carboxylic acids is 2. The molecule has 0 aromatic heterocycles. The highest BCUT2D eigenvalue weighted by Crippen LogP contribution is 2.23. The van der Waals surface area contributed by atoms with Crippen molar-refractivity contribution in [2.45, 2.75) is 39.3 Å². The number of hydrogen-bond acceptors (Lipinski definition) is 6. The number of nitrogens with one attached hydrogen (secondary N) is 1. The van der Waals surface area contributed by atoms with Gasteiger partial charge in [0.05, 0.1) is 21.6 Å². The van der Waals surface area contributed by atoms with Gasteiger partial charge in [-0.3, -0.25) is 14.9 Å². The SMILES string of the molecule is CC(C)[C@](C)(C#N)NC(=O)[C@H](C)OC(=O)c1ccc([N+](=O)[O-])cc1Cl. The molecule has 0 fully saturated rings. The van der Waals surface area contributed by atoms with Crippen LogP contribution in [0.15, 0.2) is 18.2 Å². The third-order valence-electron chi connectivity index (χ3n) is 3.81. The monoisotopic (exact) mass is 367 g/mol. The Labute approximate surface area is 149 Å². The molecule has 25 heavy (non-hydrogen) atoms. The number of nitro benzene ring substituents is 1. The summed E-state index contributed by atoms with van der Waals surface area (Å²) in [7, 11) is 0. The molecular weight excluding hydrogens is 350 g/mol. The first-order chi connectivity index (χ1) is 11.5. The Hall–Kier alpha value is -2.66. The van der Waals surface area contributed by atoms with Gasteiger partial charge in [0.2, 0.25) is 0 Å². The van der Waals surface area contributed by atoms with Crippen molar-refractivity contribution in [2.75, 3.05) is 0 Å². The van der Waals surface area contributed by atoms with E-state index >= 15 is 0 Å². The molecule has 0 saturated carbocycles. The van der Waals surface area contributed by atoms with Gasteiger partial charge in [0.25, 0.3) is 11.6 Å². The molecule has 0 spiro atoms. The summed E-state index contributed by atoms with van der Waals surface area (Å²) >= 11 is 5.85. The summed E-state index contributed by atoms with van der Waals surface area (Å²) in [5.41, 5.74) is -1.48. The number of rotatable bonds is 6. The molecule has 0 aliphatic rings. The fraction of sp³-hybridized carbons (Fsp3) is 0.438. The van der Waals surface area contributed by atoms with Crippen molar-refractivity contribution in [3.63, 3.8) is 0 Å². The number of non-ortho nitro benzene ring substituents is 1. The summed E-state index contributed by atoms with van der Waals surface area (Å²) in [5.74, 6) is -1.69. The van der Waals surface area contributed by atoms with Crippen LogP contribution in [0.2, 0.25) is 5.02 Å². The molecule has 0 unspecified atom stereocenters. The Morgan fingerprint density at radius 1 is 1.40 bits per heavy atom. The second-order valence-corrected chi connectivity index (χ2v) is 6.33. The minimum atomic E-state index is -1.18. The third kappa shape index (κ3) is 4.90. The maximum absolute atomic E-state index is 12.2. The molecule has 1 N–H and O–H groups in total. The normalized spacial score (nSPS) is 14.1. The number of hydrogen-bond donors (Lipinski definition) is 1. The Balaban J connectivity index is 2.85. The van der Waals surface area contributed by atoms with E-state index in [-0.39, 0.29) is 22.2 Å². The fourth-order valence-corrected chi connectivity index (χ4v) is 1.97. The van der Waals surface area contributed by atoms with E-state index in [4.69, 9.17) is 16.3 Å². The van der Waals surface area contributed by atoms with Crippen molar-refractivity contribution < 1.29 is 19.2 Å². The first-order valence-corrected chi connectivity index (χ1v) is 7.77. The van der Waals surface area contributed by atoms with Gasteiger partial charge in [0, 0.05) is 12.1 Å². The lowest BCUT2D eigenvalue weighted by atomic mass is 9.90. The molecule has 1 amide bonds. The summed E-state index contributed by atoms with van der Waals surface area (Å²) < 4.78 is 5.03. The molecule has 9 heteroatoms. The van der Waals surface area contributed by atoms with Gasteiger partial charge in [-0.2, -0.15) is 5.26 Å². The van der Waals surface area contributed by atoms with E-state index in [0.717, 1.165) is 18.2 Å². The van der Waals surface area contributed by atoms with E-state index in [1.54, 1.807) is 20.8 Å². The van der Waals surface area contributed by atoms with Crippen LogP contribution in [-0.2, 0) is 9.53 Å². The summed E-state index contributed by atoms with van der Waals surface area (Å²) in [6.07, 6.45) is -1.18. The zero-order valence-corrected chi connectivity index (χ0v) is 15.0. The molecule has 2 atom stereocenters. The van der Waals surface area contributed by atoms with Crippen LogP contribution in [0.25, 0.3) is 0 Å². The highest BCUT2D eigenvalue weighted by molar-refractivity contribution is 6.33. The van der Waals surface area contributed by atoms with Crippen LogP contribution in [0.5, 0.6) is 0 Å². The molecule has 1 aromatic rings. The number of nitrogens with zero attached hydrogens (tertiary/aromatic N) is 2. The zero-order valence-electron chi connectivity index (χ0n) is 14.2. The van der Waals surface area contributed by atoms with Gasteiger partial charge in [-0.05, 0) is 25.8 Å². The van der Waals surface area contributed by atoms with Gasteiger partial charge in [-0.1, -0.05) is 25.4 Å². The second-order valence-electron chi connectivity index (χ2n) is 5.93. The van der Waals surface area contributed by atoms with E-state index in [0.29, 0.717) is 0 Å². The van der Waals surface area contributed by atoms with Crippen molar-refractivity contribution in [1.82, 2.24) is 5.32 Å². The molecule has 0 aliphatic carbocycles. The molecule has 0 aliphatic heterocycles. The highest BCUT2D eigenvalue weighted by atomic mass is 35.5. The molecule has 8 nitrogen and oxygen atoms in total. The molecule has 0 heterocycles. The topological polar surface area (TPSA) is 122 Å². The van der Waals surface area contributed by atoms with Crippen LogP contribution in [0.4, 0.5) is 5.69 Å². The number of halogens is 1. The average Bonchev–Trinajstić information content (AvgIpc) is 2.53. The molecule has 0 bridgehead atoms. The van der Waals surface area contributed by atoms with Gasteiger partial charge >= 0.3 is 5.97 Å². The predicted molar refractivity (Wildman–Crippen MR) is 90.0 cm³/mol. The maximum atomic E-state index is 12.2. The lowest BCUT2D eigenvalue weighted by Crippen LogP contribution is -2.52. The predicted octanol–water partition coefficient (Wildman–Crippen LogP) is 2.85. The Kier molecular flexibility index (Phi) is 6.48. The van der Waals surface area contributed by atoms with Gasteiger partial charge in [-0.15, -0.1) is 0 Å². The number of ether oxygens (including phenoxy) is 1. The molecule has 134 valence electrons. The Bertz CT molecular complexity index is 744. The number of nitriles is 1. The van der Waals surface area contributed by atoms with E-state index < -0.39 is 28.4 Å². The summed E-state index contributed by atoms with van der Waals surface area (Å²) in [6.45, 7) is 6.47. The number of benzene rings is 1. The molecule has 1 rings (SSSR count). The van der Waals surface area contributed by atoms with Gasteiger partial charge in [0.1, 0.15) is 5.54 Å². The minimum Gasteiger partial charge on any atom is -0.449 e. The van der Waals surface area contributed by atoms with Crippen LogP contribution in [0.1, 0.15) is 38.1 Å². The summed E-state index contributed by atoms with van der Waals surface area (Å²) in [6, 6.07) is 5.30. The molecule has 1 aromatic carbocycles. The lowest BCUT2D eigenvalue weighted by Gasteiger charge is -2.28. The Morgan fingerprint density at radius 3 is 2.44 bits per heavy atom. The van der Waals surface area contributed by atoms with Crippen molar-refractivity contribution in [3.05, 3.63) is 38.9 Å². The van der Waals surface area contributed by atoms with Crippen LogP contribution < -0.4 is 5.32 Å². The number of amides is 1. The van der Waals surface area contributed by atoms with Gasteiger partial charge < -0.3 is 10.1 Å². The Morgan fingerprint density at radius 2 is 2.00 bits per heavy atom.